The number of benzene rings is 2. The molecule has 3 aromatic heterocycles. The molecular weight excluding hydrogens is 426 g/mol. The summed E-state index contributed by atoms with van der Waals surface area (Å²) in [4.78, 5) is 25.7. The number of fused-ring (bicyclic) bond motifs is 1. The van der Waals surface area contributed by atoms with Crippen molar-refractivity contribution in [3.05, 3.63) is 109 Å². The predicted octanol–water partition coefficient (Wildman–Crippen LogP) is 6.12. The Morgan fingerprint density at radius 3 is 2.47 bits per heavy atom. The van der Waals surface area contributed by atoms with Gasteiger partial charge in [-0.3, -0.25) is 14.8 Å². The predicted molar refractivity (Wildman–Crippen MR) is 133 cm³/mol. The van der Waals surface area contributed by atoms with E-state index in [1.807, 2.05) is 55.5 Å². The lowest BCUT2D eigenvalue weighted by Gasteiger charge is -2.11. The third-order valence-electron chi connectivity index (χ3n) is 5.13. The van der Waals surface area contributed by atoms with E-state index in [0.717, 1.165) is 28.0 Å². The highest BCUT2D eigenvalue weighted by Gasteiger charge is 2.10. The molecule has 0 unspecified atom stereocenters. The van der Waals surface area contributed by atoms with E-state index < -0.39 is 0 Å². The molecule has 1 amide bonds. The van der Waals surface area contributed by atoms with Crippen LogP contribution in [0, 0.1) is 6.92 Å². The average molecular weight is 447 g/mol. The van der Waals surface area contributed by atoms with E-state index in [-0.39, 0.29) is 5.91 Å². The molecule has 2 N–H and O–H groups in total. The molecule has 0 spiro atoms. The summed E-state index contributed by atoms with van der Waals surface area (Å²) in [7, 11) is 0. The fraction of sp³-hybridized carbons (Fsp3) is 0.0370. The van der Waals surface area contributed by atoms with Crippen LogP contribution in [0.3, 0.4) is 0 Å². The summed E-state index contributed by atoms with van der Waals surface area (Å²) in [6.07, 6.45) is 5.03. The number of hydrogen-bond acceptors (Lipinski definition) is 6. The Balaban J connectivity index is 1.31. The van der Waals surface area contributed by atoms with E-state index in [2.05, 4.69) is 25.6 Å². The summed E-state index contributed by atoms with van der Waals surface area (Å²) < 4.78 is 5.86. The maximum Gasteiger partial charge on any atom is 0.256 e. The zero-order chi connectivity index (χ0) is 23.3. The maximum absolute atomic E-state index is 12.9. The Kier molecular flexibility index (Phi) is 5.82. The number of ether oxygens (including phenoxy) is 1. The van der Waals surface area contributed by atoms with Crippen LogP contribution in [0.4, 0.5) is 17.2 Å². The Hall–Kier alpha value is -4.78. The molecule has 7 heteroatoms. The van der Waals surface area contributed by atoms with Gasteiger partial charge in [0.25, 0.3) is 5.91 Å². The summed E-state index contributed by atoms with van der Waals surface area (Å²) in [5.41, 5.74) is 3.97. The number of nitrogens with one attached hydrogen (secondary N) is 2. The zero-order valence-corrected chi connectivity index (χ0v) is 18.4. The SMILES string of the molecule is Cc1cc(Oc2ccnc(NC(=O)c3cccc(Nc4ccnc5ccccc45)c3)c2)ccn1. The standard InChI is InChI=1S/C27H21N5O2/c1-18-15-21(9-12-28-18)34-22-10-13-30-26(17-22)32-27(33)19-5-4-6-20(16-19)31-25-11-14-29-24-8-3-2-7-23(24)25/h2-17H,1H3,(H,29,31)(H,30,32,33). The Morgan fingerprint density at radius 1 is 0.794 bits per heavy atom. The van der Waals surface area contributed by atoms with Gasteiger partial charge >= 0.3 is 0 Å². The van der Waals surface area contributed by atoms with Crippen molar-refractivity contribution in [1.29, 1.82) is 0 Å². The van der Waals surface area contributed by atoms with Gasteiger partial charge in [-0.25, -0.2) is 4.98 Å². The van der Waals surface area contributed by atoms with Crippen LogP contribution in [0.5, 0.6) is 11.5 Å². The second-order valence-corrected chi connectivity index (χ2v) is 7.65. The molecular formula is C27H21N5O2. The smallest absolute Gasteiger partial charge is 0.256 e. The highest BCUT2D eigenvalue weighted by Crippen LogP contribution is 2.26. The topological polar surface area (TPSA) is 89.0 Å². The fourth-order valence-corrected chi connectivity index (χ4v) is 3.55. The molecule has 0 bridgehead atoms. The normalized spacial score (nSPS) is 10.6. The number of anilines is 3. The van der Waals surface area contributed by atoms with Crippen LogP contribution in [-0.4, -0.2) is 20.9 Å². The van der Waals surface area contributed by atoms with Crippen molar-refractivity contribution in [2.24, 2.45) is 0 Å². The molecule has 0 aliphatic carbocycles. The van der Waals surface area contributed by atoms with Gasteiger partial charge in [0.2, 0.25) is 0 Å². The second-order valence-electron chi connectivity index (χ2n) is 7.65. The van der Waals surface area contributed by atoms with Crippen molar-refractivity contribution in [2.45, 2.75) is 6.92 Å². The van der Waals surface area contributed by atoms with Crippen LogP contribution in [0.15, 0.2) is 97.5 Å². The molecule has 5 aromatic rings. The molecule has 0 atom stereocenters. The van der Waals surface area contributed by atoms with Crippen LogP contribution in [0.2, 0.25) is 0 Å². The van der Waals surface area contributed by atoms with Gasteiger partial charge in [0.15, 0.2) is 0 Å². The molecule has 2 aromatic carbocycles. The van der Waals surface area contributed by atoms with Gasteiger partial charge in [0, 0.05) is 58.7 Å². The number of nitrogens with zero attached hydrogens (tertiary/aromatic N) is 3. The second kappa shape index (κ2) is 9.38. The maximum atomic E-state index is 12.9. The molecule has 166 valence electrons. The highest BCUT2D eigenvalue weighted by atomic mass is 16.5. The first-order chi connectivity index (χ1) is 16.6. The summed E-state index contributed by atoms with van der Waals surface area (Å²) in [5, 5.41) is 7.23. The molecule has 0 fully saturated rings. The van der Waals surface area contributed by atoms with Gasteiger partial charge in [0.1, 0.15) is 17.3 Å². The first kappa shape index (κ1) is 21.1. The summed E-state index contributed by atoms with van der Waals surface area (Å²) in [6.45, 7) is 1.89. The number of aryl methyl sites for hydroxylation is 1. The van der Waals surface area contributed by atoms with E-state index in [1.54, 1.807) is 48.9 Å². The highest BCUT2D eigenvalue weighted by molar-refractivity contribution is 6.04. The van der Waals surface area contributed by atoms with Gasteiger partial charge in [-0.1, -0.05) is 24.3 Å². The van der Waals surface area contributed by atoms with Crippen molar-refractivity contribution < 1.29 is 9.53 Å². The van der Waals surface area contributed by atoms with Gasteiger partial charge in [-0.15, -0.1) is 0 Å². The van der Waals surface area contributed by atoms with Crippen LogP contribution < -0.4 is 15.4 Å². The molecule has 0 radical (unpaired) electrons. The number of carbonyl (C=O) groups is 1. The lowest BCUT2D eigenvalue weighted by atomic mass is 10.1. The summed E-state index contributed by atoms with van der Waals surface area (Å²) in [5.74, 6) is 1.36. The number of amides is 1. The minimum atomic E-state index is -0.271. The minimum Gasteiger partial charge on any atom is -0.457 e. The van der Waals surface area contributed by atoms with Crippen LogP contribution in [0.25, 0.3) is 10.9 Å². The number of carbonyl (C=O) groups excluding carboxylic acids is 1. The first-order valence-electron chi connectivity index (χ1n) is 10.7. The fourth-order valence-electron chi connectivity index (χ4n) is 3.55. The van der Waals surface area contributed by atoms with Crippen LogP contribution >= 0.6 is 0 Å². The van der Waals surface area contributed by atoms with E-state index in [1.165, 1.54) is 0 Å². The first-order valence-corrected chi connectivity index (χ1v) is 10.7. The van der Waals surface area contributed by atoms with Gasteiger partial charge in [-0.05, 0) is 49.4 Å². The van der Waals surface area contributed by atoms with Gasteiger partial charge in [0.05, 0.1) is 5.52 Å². The quantitative estimate of drug-likeness (QED) is 0.326. The van der Waals surface area contributed by atoms with Crippen molar-refractivity contribution in [3.8, 4) is 11.5 Å². The lowest BCUT2D eigenvalue weighted by molar-refractivity contribution is 0.102. The Labute approximate surface area is 196 Å². The number of aromatic nitrogens is 3. The largest absolute Gasteiger partial charge is 0.457 e. The lowest BCUT2D eigenvalue weighted by Crippen LogP contribution is -2.13. The molecule has 0 aliphatic heterocycles. The molecule has 3 heterocycles. The summed E-state index contributed by atoms with van der Waals surface area (Å²) >= 11 is 0. The molecule has 5 rings (SSSR count). The molecule has 0 saturated carbocycles. The number of pyridine rings is 3. The monoisotopic (exact) mass is 447 g/mol. The Bertz CT molecular complexity index is 1480. The van der Waals surface area contributed by atoms with Gasteiger partial charge in [-0.2, -0.15) is 0 Å². The third kappa shape index (κ3) is 4.83. The number of hydrogen-bond donors (Lipinski definition) is 2. The van der Waals surface area contributed by atoms with E-state index in [0.29, 0.717) is 22.9 Å². The third-order valence-corrected chi connectivity index (χ3v) is 5.13. The summed E-state index contributed by atoms with van der Waals surface area (Å²) in [6, 6.07) is 24.1. The van der Waals surface area contributed by atoms with Crippen LogP contribution in [0.1, 0.15) is 16.1 Å². The minimum absolute atomic E-state index is 0.271. The van der Waals surface area contributed by atoms with E-state index >= 15 is 0 Å². The van der Waals surface area contributed by atoms with Crippen molar-refractivity contribution >= 4 is 34.0 Å². The van der Waals surface area contributed by atoms with E-state index in [4.69, 9.17) is 4.74 Å². The Morgan fingerprint density at radius 2 is 1.59 bits per heavy atom. The van der Waals surface area contributed by atoms with Gasteiger partial charge < -0.3 is 15.4 Å². The van der Waals surface area contributed by atoms with Crippen molar-refractivity contribution in [3.63, 3.8) is 0 Å². The number of rotatable bonds is 6. The molecule has 0 aliphatic rings. The average Bonchev–Trinajstić information content (AvgIpc) is 2.85. The molecule has 34 heavy (non-hydrogen) atoms. The van der Waals surface area contributed by atoms with Crippen molar-refractivity contribution in [1.82, 2.24) is 15.0 Å². The zero-order valence-electron chi connectivity index (χ0n) is 18.4. The molecule has 0 saturated heterocycles. The van der Waals surface area contributed by atoms with E-state index in [9.17, 15) is 4.79 Å². The number of para-hydroxylation sites is 1. The van der Waals surface area contributed by atoms with Crippen LogP contribution in [-0.2, 0) is 0 Å². The van der Waals surface area contributed by atoms with Crippen molar-refractivity contribution in [2.75, 3.05) is 10.6 Å². The molecule has 7 nitrogen and oxygen atoms in total.